The van der Waals surface area contributed by atoms with Gasteiger partial charge < -0.3 is 9.72 Å². The number of ether oxygens (including phenoxy) is 1. The van der Waals surface area contributed by atoms with Crippen LogP contribution < -0.4 is 5.32 Å². The number of aromatic nitrogens is 2. The average molecular weight is 209 g/mol. The number of nitrogens with one attached hydrogen (secondary N) is 2. The van der Waals surface area contributed by atoms with Gasteiger partial charge in [0.15, 0.2) is 0 Å². The van der Waals surface area contributed by atoms with Crippen LogP contribution in [0.25, 0.3) is 0 Å². The molecule has 1 saturated heterocycles. The molecular formula is C10H15N3O2. The molecule has 1 aliphatic rings. The highest BCUT2D eigenvalue weighted by Crippen LogP contribution is 2.23. The van der Waals surface area contributed by atoms with Crippen molar-refractivity contribution in [3.8, 4) is 0 Å². The predicted octanol–water partition coefficient (Wildman–Crippen LogP) is 0.766. The number of hydrogen-bond acceptors (Lipinski definition) is 4. The second-order valence-electron chi connectivity index (χ2n) is 3.70. The van der Waals surface area contributed by atoms with Crippen molar-refractivity contribution in [3.05, 3.63) is 18.2 Å². The maximum absolute atomic E-state index is 11.4. The molecule has 1 fully saturated rings. The number of esters is 1. The second kappa shape index (κ2) is 4.44. The molecule has 2 rings (SSSR count). The number of carbonyl (C=O) groups is 1. The molecule has 0 amide bonds. The lowest BCUT2D eigenvalue weighted by Crippen LogP contribution is -2.43. The number of nitrogens with zero attached hydrogens (tertiary/aromatic N) is 1. The third-order valence-electron chi connectivity index (χ3n) is 2.72. The minimum absolute atomic E-state index is 0.137. The highest BCUT2D eigenvalue weighted by molar-refractivity contribution is 5.75. The van der Waals surface area contributed by atoms with Gasteiger partial charge in [-0.2, -0.15) is 0 Å². The Morgan fingerprint density at radius 2 is 2.47 bits per heavy atom. The van der Waals surface area contributed by atoms with Crippen LogP contribution in [-0.4, -0.2) is 29.1 Å². The molecule has 0 bridgehead atoms. The number of imidazole rings is 1. The van der Waals surface area contributed by atoms with E-state index in [2.05, 4.69) is 15.3 Å². The van der Waals surface area contributed by atoms with Gasteiger partial charge in [-0.25, -0.2) is 4.98 Å². The van der Waals surface area contributed by atoms with Crippen LogP contribution in [0.1, 0.15) is 31.1 Å². The second-order valence-corrected chi connectivity index (χ2v) is 3.70. The van der Waals surface area contributed by atoms with Gasteiger partial charge in [-0.15, -0.1) is 0 Å². The largest absolute Gasteiger partial charge is 0.468 e. The molecule has 2 unspecified atom stereocenters. The fourth-order valence-corrected chi connectivity index (χ4v) is 1.95. The molecule has 2 heterocycles. The summed E-state index contributed by atoms with van der Waals surface area (Å²) in [7, 11) is 1.42. The summed E-state index contributed by atoms with van der Waals surface area (Å²) in [6.07, 6.45) is 6.36. The first-order valence-electron chi connectivity index (χ1n) is 5.14. The lowest BCUT2D eigenvalue weighted by Gasteiger charge is -2.27. The molecule has 5 heteroatoms. The van der Waals surface area contributed by atoms with Crippen LogP contribution in [0, 0.1) is 0 Å². The fourth-order valence-electron chi connectivity index (χ4n) is 1.95. The molecule has 0 aliphatic carbocycles. The van der Waals surface area contributed by atoms with Gasteiger partial charge in [-0.1, -0.05) is 0 Å². The van der Waals surface area contributed by atoms with Gasteiger partial charge >= 0.3 is 5.97 Å². The third-order valence-corrected chi connectivity index (χ3v) is 2.72. The van der Waals surface area contributed by atoms with Crippen LogP contribution in [0.3, 0.4) is 0 Å². The van der Waals surface area contributed by atoms with Crippen molar-refractivity contribution in [2.75, 3.05) is 7.11 Å². The summed E-state index contributed by atoms with van der Waals surface area (Å²) < 4.78 is 4.72. The molecule has 1 aromatic heterocycles. The smallest absolute Gasteiger partial charge is 0.322 e. The molecule has 0 aromatic carbocycles. The van der Waals surface area contributed by atoms with Crippen LogP contribution in [0.2, 0.25) is 0 Å². The Morgan fingerprint density at radius 3 is 3.13 bits per heavy atom. The summed E-state index contributed by atoms with van der Waals surface area (Å²) in [5, 5.41) is 3.24. The fraction of sp³-hybridized carbons (Fsp3) is 0.600. The van der Waals surface area contributed by atoms with Gasteiger partial charge in [-0.3, -0.25) is 10.1 Å². The van der Waals surface area contributed by atoms with Crippen LogP contribution in [0.15, 0.2) is 12.4 Å². The van der Waals surface area contributed by atoms with Crippen LogP contribution in [0.4, 0.5) is 0 Å². The van der Waals surface area contributed by atoms with Crippen molar-refractivity contribution in [3.63, 3.8) is 0 Å². The average Bonchev–Trinajstić information content (AvgIpc) is 2.82. The Balaban J connectivity index is 2.01. The van der Waals surface area contributed by atoms with E-state index in [9.17, 15) is 4.79 Å². The molecule has 5 nitrogen and oxygen atoms in total. The maximum atomic E-state index is 11.4. The molecule has 0 radical (unpaired) electrons. The Labute approximate surface area is 88.2 Å². The summed E-state index contributed by atoms with van der Waals surface area (Å²) in [5.74, 6) is 0.704. The molecule has 2 N–H and O–H groups in total. The van der Waals surface area contributed by atoms with Crippen molar-refractivity contribution in [2.45, 2.75) is 31.3 Å². The maximum Gasteiger partial charge on any atom is 0.322 e. The lowest BCUT2D eigenvalue weighted by molar-refractivity contribution is -0.144. The van der Waals surface area contributed by atoms with E-state index in [1.807, 2.05) is 0 Å². The van der Waals surface area contributed by atoms with E-state index >= 15 is 0 Å². The van der Waals surface area contributed by atoms with Crippen molar-refractivity contribution in [1.82, 2.24) is 15.3 Å². The zero-order chi connectivity index (χ0) is 10.7. The molecule has 1 aliphatic heterocycles. The molecule has 0 spiro atoms. The van der Waals surface area contributed by atoms with Gasteiger partial charge in [0.25, 0.3) is 0 Å². The number of carbonyl (C=O) groups excluding carboxylic acids is 1. The minimum atomic E-state index is -0.196. The first kappa shape index (κ1) is 10.2. The number of piperidine rings is 1. The zero-order valence-corrected chi connectivity index (χ0v) is 8.69. The summed E-state index contributed by atoms with van der Waals surface area (Å²) in [4.78, 5) is 18.6. The quantitative estimate of drug-likeness (QED) is 0.706. The summed E-state index contributed by atoms with van der Waals surface area (Å²) in [6.45, 7) is 0. The Hall–Kier alpha value is -1.36. The number of H-pyrrole nitrogens is 1. The van der Waals surface area contributed by atoms with E-state index in [-0.39, 0.29) is 18.1 Å². The molecule has 82 valence electrons. The first-order chi connectivity index (χ1) is 7.31. The predicted molar refractivity (Wildman–Crippen MR) is 54.1 cm³/mol. The molecule has 0 saturated carbocycles. The molecule has 1 aromatic rings. The number of aromatic amines is 1. The van der Waals surface area contributed by atoms with Gasteiger partial charge in [-0.05, 0) is 19.3 Å². The number of methoxy groups -OCH3 is 1. The number of rotatable bonds is 2. The standard InChI is InChI=1S/C10H15N3O2/c1-15-10(14)8-4-2-3-7(13-8)9-11-5-6-12-9/h5-8,13H,2-4H2,1H3,(H,11,12). The summed E-state index contributed by atoms with van der Waals surface area (Å²) in [5.41, 5.74) is 0. The topological polar surface area (TPSA) is 67.0 Å². The summed E-state index contributed by atoms with van der Waals surface area (Å²) in [6, 6.07) is -0.0586. The molecule has 2 atom stereocenters. The van der Waals surface area contributed by atoms with E-state index in [1.54, 1.807) is 12.4 Å². The Bertz CT molecular complexity index is 323. The van der Waals surface area contributed by atoms with Crippen molar-refractivity contribution in [1.29, 1.82) is 0 Å². The Kier molecular flexibility index (Phi) is 3.01. The zero-order valence-electron chi connectivity index (χ0n) is 8.69. The van der Waals surface area contributed by atoms with E-state index in [0.29, 0.717) is 0 Å². The number of hydrogen-bond donors (Lipinski definition) is 2. The van der Waals surface area contributed by atoms with Crippen LogP contribution in [0.5, 0.6) is 0 Å². The van der Waals surface area contributed by atoms with E-state index in [0.717, 1.165) is 25.1 Å². The van der Waals surface area contributed by atoms with E-state index in [4.69, 9.17) is 4.74 Å². The Morgan fingerprint density at radius 1 is 1.60 bits per heavy atom. The molecule has 15 heavy (non-hydrogen) atoms. The van der Waals surface area contributed by atoms with Gasteiger partial charge in [0.2, 0.25) is 0 Å². The van der Waals surface area contributed by atoms with E-state index in [1.165, 1.54) is 7.11 Å². The lowest BCUT2D eigenvalue weighted by atomic mass is 9.98. The van der Waals surface area contributed by atoms with Crippen molar-refractivity contribution < 1.29 is 9.53 Å². The first-order valence-corrected chi connectivity index (χ1v) is 5.14. The molecular weight excluding hydrogens is 194 g/mol. The van der Waals surface area contributed by atoms with E-state index < -0.39 is 0 Å². The van der Waals surface area contributed by atoms with Gasteiger partial charge in [0, 0.05) is 12.4 Å². The van der Waals surface area contributed by atoms with Gasteiger partial charge in [0.1, 0.15) is 11.9 Å². The SMILES string of the molecule is COC(=O)C1CCCC(c2ncc[nH]2)N1. The highest BCUT2D eigenvalue weighted by Gasteiger charge is 2.28. The monoisotopic (exact) mass is 209 g/mol. The van der Waals surface area contributed by atoms with Crippen molar-refractivity contribution >= 4 is 5.97 Å². The normalized spacial score (nSPS) is 26.2. The third kappa shape index (κ3) is 2.18. The highest BCUT2D eigenvalue weighted by atomic mass is 16.5. The summed E-state index contributed by atoms with van der Waals surface area (Å²) >= 11 is 0. The van der Waals surface area contributed by atoms with Crippen LogP contribution in [-0.2, 0) is 9.53 Å². The van der Waals surface area contributed by atoms with Gasteiger partial charge in [0.05, 0.1) is 13.2 Å². The minimum Gasteiger partial charge on any atom is -0.468 e. The van der Waals surface area contributed by atoms with Crippen molar-refractivity contribution in [2.24, 2.45) is 0 Å². The van der Waals surface area contributed by atoms with Crippen LogP contribution >= 0.6 is 0 Å².